The van der Waals surface area contributed by atoms with Crippen molar-refractivity contribution in [3.63, 3.8) is 0 Å². The molecule has 5 nitrogen and oxygen atoms in total. The molecular formula is C21H30N2O3. The number of carbonyl (C=O) groups excluding carboxylic acids is 1. The molecule has 0 saturated carbocycles. The van der Waals surface area contributed by atoms with Gasteiger partial charge >= 0.3 is 5.97 Å². The molecule has 1 aromatic heterocycles. The van der Waals surface area contributed by atoms with Crippen LogP contribution in [-0.4, -0.2) is 54.3 Å². The number of nitrogens with one attached hydrogen (secondary N) is 1. The van der Waals surface area contributed by atoms with Gasteiger partial charge in [0.25, 0.3) is 0 Å². The van der Waals surface area contributed by atoms with Crippen molar-refractivity contribution < 1.29 is 14.6 Å². The maximum Gasteiger partial charge on any atom is 0.314 e. The SMILES string of the molecule is CCCCN1CCc2c([nH]c3ccccc23)[C@@H](C(=O)OC)C[C@H](CO)C1. The molecule has 0 bridgehead atoms. The number of fused-ring (bicyclic) bond motifs is 3. The molecule has 0 unspecified atom stereocenters. The van der Waals surface area contributed by atoms with Crippen molar-refractivity contribution >= 4 is 16.9 Å². The van der Waals surface area contributed by atoms with Crippen LogP contribution < -0.4 is 0 Å². The summed E-state index contributed by atoms with van der Waals surface area (Å²) in [4.78, 5) is 18.5. The number of nitrogens with zero attached hydrogens (tertiary/aromatic N) is 1. The van der Waals surface area contributed by atoms with Crippen molar-refractivity contribution in [3.05, 3.63) is 35.5 Å². The Hall–Kier alpha value is -1.85. The van der Waals surface area contributed by atoms with Crippen LogP contribution in [0.2, 0.25) is 0 Å². The lowest BCUT2D eigenvalue weighted by molar-refractivity contribution is -0.143. The molecule has 0 radical (unpaired) electrons. The third-order valence-corrected chi connectivity index (χ3v) is 5.53. The summed E-state index contributed by atoms with van der Waals surface area (Å²) in [6, 6.07) is 8.23. The van der Waals surface area contributed by atoms with Gasteiger partial charge in [-0.1, -0.05) is 31.5 Å². The van der Waals surface area contributed by atoms with E-state index >= 15 is 0 Å². The minimum Gasteiger partial charge on any atom is -0.469 e. The number of unbranched alkanes of at least 4 members (excludes halogenated alkanes) is 1. The molecule has 0 aliphatic carbocycles. The number of para-hydroxylation sites is 1. The molecule has 2 aromatic rings. The smallest absolute Gasteiger partial charge is 0.314 e. The van der Waals surface area contributed by atoms with Crippen LogP contribution in [0.1, 0.15) is 43.4 Å². The lowest BCUT2D eigenvalue weighted by Crippen LogP contribution is -2.34. The molecule has 5 heteroatoms. The van der Waals surface area contributed by atoms with Crippen LogP contribution >= 0.6 is 0 Å². The average molecular weight is 358 g/mol. The molecule has 1 aromatic carbocycles. The number of hydrogen-bond donors (Lipinski definition) is 2. The van der Waals surface area contributed by atoms with E-state index in [9.17, 15) is 9.90 Å². The topological polar surface area (TPSA) is 65.6 Å². The molecular weight excluding hydrogens is 328 g/mol. The number of carbonyl (C=O) groups is 1. The summed E-state index contributed by atoms with van der Waals surface area (Å²) >= 11 is 0. The molecule has 142 valence electrons. The zero-order valence-electron chi connectivity index (χ0n) is 15.8. The van der Waals surface area contributed by atoms with E-state index in [1.165, 1.54) is 18.1 Å². The second-order valence-corrected chi connectivity index (χ2v) is 7.33. The van der Waals surface area contributed by atoms with Crippen molar-refractivity contribution in [2.24, 2.45) is 5.92 Å². The monoisotopic (exact) mass is 358 g/mol. The summed E-state index contributed by atoms with van der Waals surface area (Å²) in [6.45, 7) is 5.09. The first-order valence-electron chi connectivity index (χ1n) is 9.68. The van der Waals surface area contributed by atoms with Gasteiger partial charge in [0, 0.05) is 36.3 Å². The highest BCUT2D eigenvalue weighted by molar-refractivity contribution is 5.88. The third kappa shape index (κ3) is 3.94. The molecule has 1 aliphatic rings. The summed E-state index contributed by atoms with van der Waals surface area (Å²) in [5.74, 6) is -0.516. The van der Waals surface area contributed by atoms with Gasteiger partial charge in [0.1, 0.15) is 0 Å². The Morgan fingerprint density at radius 2 is 2.19 bits per heavy atom. The Bertz CT molecular complexity index is 740. The molecule has 2 N–H and O–H groups in total. The van der Waals surface area contributed by atoms with Crippen molar-refractivity contribution in [2.45, 2.75) is 38.5 Å². The van der Waals surface area contributed by atoms with E-state index in [0.29, 0.717) is 6.42 Å². The molecule has 0 spiro atoms. The number of H-pyrrole nitrogens is 1. The predicted octanol–water partition coefficient (Wildman–Crippen LogP) is 3.08. The number of hydrogen-bond acceptors (Lipinski definition) is 4. The largest absolute Gasteiger partial charge is 0.469 e. The number of aliphatic hydroxyl groups is 1. The van der Waals surface area contributed by atoms with Gasteiger partial charge < -0.3 is 19.7 Å². The minimum atomic E-state index is -0.356. The fourth-order valence-corrected chi connectivity index (χ4v) is 4.11. The highest BCUT2D eigenvalue weighted by Gasteiger charge is 2.32. The van der Waals surface area contributed by atoms with Crippen LogP contribution in [0, 0.1) is 5.92 Å². The zero-order chi connectivity index (χ0) is 18.5. The van der Waals surface area contributed by atoms with Gasteiger partial charge in [-0.2, -0.15) is 0 Å². The van der Waals surface area contributed by atoms with Crippen LogP contribution in [0.15, 0.2) is 24.3 Å². The second kappa shape index (κ2) is 8.69. The summed E-state index contributed by atoms with van der Waals surface area (Å²) < 4.78 is 5.11. The van der Waals surface area contributed by atoms with Crippen LogP contribution in [-0.2, 0) is 16.0 Å². The van der Waals surface area contributed by atoms with Crippen molar-refractivity contribution in [1.82, 2.24) is 9.88 Å². The van der Waals surface area contributed by atoms with Gasteiger partial charge in [0.2, 0.25) is 0 Å². The Morgan fingerprint density at radius 3 is 2.92 bits per heavy atom. The summed E-state index contributed by atoms with van der Waals surface area (Å²) in [6.07, 6.45) is 3.81. The van der Waals surface area contributed by atoms with Crippen molar-refractivity contribution in [1.29, 1.82) is 0 Å². The average Bonchev–Trinajstić information content (AvgIpc) is 3.06. The standard InChI is InChI=1S/C21H30N2O3/c1-3-4-10-23-11-9-17-16-7-5-6-8-19(16)22-20(17)18(21(25)26-2)12-15(13-23)14-24/h5-8,15,18,22,24H,3-4,9-14H2,1-2H3/t15-,18-/m0/s1. The number of benzene rings is 1. The highest BCUT2D eigenvalue weighted by Crippen LogP contribution is 2.34. The Balaban J connectivity index is 2.02. The van der Waals surface area contributed by atoms with Crippen molar-refractivity contribution in [2.75, 3.05) is 33.4 Å². The lowest BCUT2D eigenvalue weighted by Gasteiger charge is -2.26. The normalized spacial score (nSPS) is 21.7. The number of aromatic amines is 1. The van der Waals surface area contributed by atoms with E-state index < -0.39 is 0 Å². The van der Waals surface area contributed by atoms with E-state index in [2.05, 4.69) is 28.9 Å². The number of esters is 1. The Morgan fingerprint density at radius 1 is 1.38 bits per heavy atom. The van der Waals surface area contributed by atoms with Crippen LogP contribution in [0.25, 0.3) is 10.9 Å². The lowest BCUT2D eigenvalue weighted by atomic mass is 9.90. The van der Waals surface area contributed by atoms with Gasteiger partial charge in [-0.3, -0.25) is 4.79 Å². The first-order chi connectivity index (χ1) is 12.7. The molecule has 3 rings (SSSR count). The van der Waals surface area contributed by atoms with Gasteiger partial charge in [-0.15, -0.1) is 0 Å². The molecule has 2 heterocycles. The maximum absolute atomic E-state index is 12.6. The third-order valence-electron chi connectivity index (χ3n) is 5.53. The number of ether oxygens (including phenoxy) is 1. The molecule has 26 heavy (non-hydrogen) atoms. The highest BCUT2D eigenvalue weighted by atomic mass is 16.5. The maximum atomic E-state index is 12.6. The van der Waals surface area contributed by atoms with Gasteiger partial charge in [0.15, 0.2) is 0 Å². The zero-order valence-corrected chi connectivity index (χ0v) is 15.8. The number of rotatable bonds is 5. The number of aliphatic hydroxyl groups excluding tert-OH is 1. The first kappa shape index (κ1) is 18.9. The van der Waals surface area contributed by atoms with E-state index in [0.717, 1.165) is 50.1 Å². The Kier molecular flexibility index (Phi) is 6.33. The van der Waals surface area contributed by atoms with E-state index in [1.54, 1.807) is 0 Å². The molecule has 2 atom stereocenters. The first-order valence-corrected chi connectivity index (χ1v) is 9.68. The van der Waals surface area contributed by atoms with Crippen molar-refractivity contribution in [3.8, 4) is 0 Å². The van der Waals surface area contributed by atoms with Gasteiger partial charge in [0.05, 0.1) is 13.0 Å². The molecule has 0 amide bonds. The summed E-state index contributed by atoms with van der Waals surface area (Å²) in [5, 5.41) is 11.1. The van der Waals surface area contributed by atoms with E-state index in [1.807, 2.05) is 12.1 Å². The van der Waals surface area contributed by atoms with Crippen LogP contribution in [0.5, 0.6) is 0 Å². The van der Waals surface area contributed by atoms with E-state index in [-0.39, 0.29) is 24.4 Å². The molecule has 1 aliphatic heterocycles. The summed E-state index contributed by atoms with van der Waals surface area (Å²) in [7, 11) is 1.44. The fraction of sp³-hybridized carbons (Fsp3) is 0.571. The second-order valence-electron chi connectivity index (χ2n) is 7.33. The Labute approximate surface area is 155 Å². The van der Waals surface area contributed by atoms with E-state index in [4.69, 9.17) is 4.74 Å². The summed E-state index contributed by atoms with van der Waals surface area (Å²) in [5.41, 5.74) is 3.25. The fourth-order valence-electron chi connectivity index (χ4n) is 4.11. The number of aromatic nitrogens is 1. The van der Waals surface area contributed by atoms with Gasteiger partial charge in [-0.05, 0) is 43.4 Å². The molecule has 0 saturated heterocycles. The molecule has 0 fully saturated rings. The number of methoxy groups -OCH3 is 1. The predicted molar refractivity (Wildman–Crippen MR) is 103 cm³/mol. The quantitative estimate of drug-likeness (QED) is 0.806. The van der Waals surface area contributed by atoms with Crippen LogP contribution in [0.4, 0.5) is 0 Å². The minimum absolute atomic E-state index is 0.0633. The van der Waals surface area contributed by atoms with Gasteiger partial charge in [-0.25, -0.2) is 0 Å². The van der Waals surface area contributed by atoms with Crippen LogP contribution in [0.3, 0.4) is 0 Å².